The van der Waals surface area contributed by atoms with Gasteiger partial charge in [0.1, 0.15) is 6.26 Å². The second kappa shape index (κ2) is 6.66. The molecule has 0 N–H and O–H groups in total. The highest BCUT2D eigenvalue weighted by Crippen LogP contribution is 1.98. The summed E-state index contributed by atoms with van der Waals surface area (Å²) in [7, 11) is 0. The molecule has 0 unspecified atom stereocenters. The largest absolute Gasteiger partial charge is 0.452 e. The van der Waals surface area contributed by atoms with Crippen LogP contribution in [0.3, 0.4) is 0 Å². The smallest absolute Gasteiger partial charge is 0.180 e. The number of rotatable bonds is 2. The fourth-order valence-electron chi connectivity index (χ4n) is 0.956. The molecule has 0 saturated carbocycles. The molecule has 0 saturated heterocycles. The summed E-state index contributed by atoms with van der Waals surface area (Å²) in [5, 5.41) is 0. The summed E-state index contributed by atoms with van der Waals surface area (Å²) in [6, 6.07) is 10.3. The first-order chi connectivity index (χ1) is 6.93. The zero-order valence-corrected chi connectivity index (χ0v) is 7.97. The Hall–Kier alpha value is -1.83. The quantitative estimate of drug-likeness (QED) is 0.675. The van der Waals surface area contributed by atoms with Gasteiger partial charge in [-0.05, 0) is 12.0 Å². The van der Waals surface area contributed by atoms with Crippen LogP contribution in [-0.2, 0) is 6.42 Å². The Morgan fingerprint density at radius 1 is 1.29 bits per heavy atom. The van der Waals surface area contributed by atoms with Gasteiger partial charge in [-0.25, -0.2) is 4.98 Å². The average Bonchev–Trinajstić information content (AvgIpc) is 2.78. The van der Waals surface area contributed by atoms with Gasteiger partial charge in [0, 0.05) is 0 Å². The van der Waals surface area contributed by atoms with E-state index in [0.29, 0.717) is 0 Å². The number of allylic oxidation sites excluding steroid dienone is 1. The minimum absolute atomic E-state index is 0.973. The predicted octanol–water partition coefficient (Wildman–Crippen LogP) is 3.09. The van der Waals surface area contributed by atoms with Gasteiger partial charge in [0.05, 0.1) is 6.20 Å². The van der Waals surface area contributed by atoms with Gasteiger partial charge in [0.15, 0.2) is 6.39 Å². The standard InChI is InChI=1S/C9H10.C3H3NO/c1-2-6-9-7-4-3-5-8-9;1-2-5-3-4-1/h2-5,7-8H,1,6H2;1-3H. The molecule has 14 heavy (non-hydrogen) atoms. The fourth-order valence-corrected chi connectivity index (χ4v) is 0.956. The molecule has 1 aromatic carbocycles. The van der Waals surface area contributed by atoms with Gasteiger partial charge in [-0.3, -0.25) is 0 Å². The van der Waals surface area contributed by atoms with Crippen molar-refractivity contribution in [3.05, 3.63) is 67.4 Å². The first-order valence-corrected chi connectivity index (χ1v) is 4.40. The van der Waals surface area contributed by atoms with Gasteiger partial charge in [-0.2, -0.15) is 0 Å². The van der Waals surface area contributed by atoms with Gasteiger partial charge in [-0.1, -0.05) is 36.4 Å². The van der Waals surface area contributed by atoms with Crippen molar-refractivity contribution in [1.29, 1.82) is 0 Å². The number of hydrogen-bond acceptors (Lipinski definition) is 2. The molecule has 1 heterocycles. The molecular formula is C12H13NO. The van der Waals surface area contributed by atoms with Crippen LogP contribution in [0, 0.1) is 0 Å². The highest BCUT2D eigenvalue weighted by Gasteiger charge is 1.82. The SMILES string of the molecule is C=CCc1ccccc1.c1cocn1. The van der Waals surface area contributed by atoms with E-state index in [0.717, 1.165) is 6.42 Å². The first-order valence-electron chi connectivity index (χ1n) is 4.40. The van der Waals surface area contributed by atoms with Crippen molar-refractivity contribution < 1.29 is 4.42 Å². The van der Waals surface area contributed by atoms with Crippen molar-refractivity contribution >= 4 is 0 Å². The number of oxazole rings is 1. The van der Waals surface area contributed by atoms with E-state index < -0.39 is 0 Å². The number of aromatic nitrogens is 1. The predicted molar refractivity (Wildman–Crippen MR) is 56.8 cm³/mol. The van der Waals surface area contributed by atoms with Gasteiger partial charge >= 0.3 is 0 Å². The Bertz CT molecular complexity index is 309. The third kappa shape index (κ3) is 4.26. The van der Waals surface area contributed by atoms with E-state index in [1.54, 1.807) is 6.20 Å². The van der Waals surface area contributed by atoms with E-state index in [1.165, 1.54) is 18.2 Å². The second-order valence-corrected chi connectivity index (χ2v) is 2.65. The minimum atomic E-state index is 0.973. The second-order valence-electron chi connectivity index (χ2n) is 2.65. The lowest BCUT2D eigenvalue weighted by Gasteiger charge is -1.91. The molecule has 2 heteroatoms. The van der Waals surface area contributed by atoms with E-state index in [1.807, 2.05) is 24.3 Å². The first kappa shape index (κ1) is 10.3. The van der Waals surface area contributed by atoms with E-state index >= 15 is 0 Å². The Morgan fingerprint density at radius 2 is 2.07 bits per heavy atom. The monoisotopic (exact) mass is 187 g/mol. The van der Waals surface area contributed by atoms with Crippen molar-refractivity contribution in [3.63, 3.8) is 0 Å². The van der Waals surface area contributed by atoms with Crippen molar-refractivity contribution in [2.24, 2.45) is 0 Å². The maximum absolute atomic E-state index is 4.47. The van der Waals surface area contributed by atoms with Crippen LogP contribution in [0.15, 0.2) is 66.3 Å². The molecule has 2 rings (SSSR count). The number of nitrogens with zero attached hydrogens (tertiary/aromatic N) is 1. The van der Waals surface area contributed by atoms with Gasteiger partial charge in [-0.15, -0.1) is 6.58 Å². The summed E-state index contributed by atoms with van der Waals surface area (Å²) in [5.74, 6) is 0. The van der Waals surface area contributed by atoms with Gasteiger partial charge < -0.3 is 4.42 Å². The zero-order chi connectivity index (χ0) is 10.1. The van der Waals surface area contributed by atoms with E-state index in [9.17, 15) is 0 Å². The number of benzene rings is 1. The van der Waals surface area contributed by atoms with Gasteiger partial charge in [0.25, 0.3) is 0 Å². The highest BCUT2D eigenvalue weighted by molar-refractivity contribution is 5.16. The van der Waals surface area contributed by atoms with E-state index in [4.69, 9.17) is 0 Å². The van der Waals surface area contributed by atoms with Crippen LogP contribution >= 0.6 is 0 Å². The van der Waals surface area contributed by atoms with Crippen LogP contribution in [0.2, 0.25) is 0 Å². The zero-order valence-electron chi connectivity index (χ0n) is 7.97. The normalized spacial score (nSPS) is 8.57. The molecule has 0 bridgehead atoms. The molecule has 72 valence electrons. The molecule has 0 aliphatic heterocycles. The number of hydrogen-bond donors (Lipinski definition) is 0. The Kier molecular flexibility index (Phi) is 4.88. The summed E-state index contributed by atoms with van der Waals surface area (Å²) in [6.07, 6.45) is 7.36. The molecule has 0 aliphatic rings. The molecule has 0 spiro atoms. The summed E-state index contributed by atoms with van der Waals surface area (Å²) in [6.45, 7) is 3.66. The summed E-state index contributed by atoms with van der Waals surface area (Å²) in [5.41, 5.74) is 1.33. The molecule has 1 aromatic heterocycles. The fraction of sp³-hybridized carbons (Fsp3) is 0.0833. The molecule has 0 amide bonds. The lowest BCUT2D eigenvalue weighted by atomic mass is 10.2. The third-order valence-corrected chi connectivity index (χ3v) is 1.57. The molecular weight excluding hydrogens is 174 g/mol. The average molecular weight is 187 g/mol. The van der Waals surface area contributed by atoms with Crippen molar-refractivity contribution in [1.82, 2.24) is 4.98 Å². The van der Waals surface area contributed by atoms with E-state index in [2.05, 4.69) is 28.1 Å². The van der Waals surface area contributed by atoms with Crippen LogP contribution in [0.25, 0.3) is 0 Å². The molecule has 0 atom stereocenters. The molecule has 2 aromatic rings. The Balaban J connectivity index is 0.000000165. The van der Waals surface area contributed by atoms with Crippen molar-refractivity contribution in [2.75, 3.05) is 0 Å². The topological polar surface area (TPSA) is 26.0 Å². The Labute approximate surface area is 83.9 Å². The van der Waals surface area contributed by atoms with Crippen molar-refractivity contribution in [3.8, 4) is 0 Å². The van der Waals surface area contributed by atoms with Crippen LogP contribution in [0.1, 0.15) is 5.56 Å². The van der Waals surface area contributed by atoms with E-state index in [-0.39, 0.29) is 0 Å². The molecule has 2 nitrogen and oxygen atoms in total. The maximum Gasteiger partial charge on any atom is 0.180 e. The summed E-state index contributed by atoms with van der Waals surface area (Å²) >= 11 is 0. The van der Waals surface area contributed by atoms with Crippen molar-refractivity contribution in [2.45, 2.75) is 6.42 Å². The van der Waals surface area contributed by atoms with Crippen LogP contribution < -0.4 is 0 Å². The van der Waals surface area contributed by atoms with Gasteiger partial charge in [0.2, 0.25) is 0 Å². The summed E-state index contributed by atoms with van der Waals surface area (Å²) in [4.78, 5) is 3.56. The van der Waals surface area contributed by atoms with Crippen LogP contribution in [-0.4, -0.2) is 4.98 Å². The summed E-state index contributed by atoms with van der Waals surface area (Å²) < 4.78 is 4.47. The lowest BCUT2D eigenvalue weighted by Crippen LogP contribution is -1.75. The highest BCUT2D eigenvalue weighted by atomic mass is 16.3. The Morgan fingerprint density at radius 3 is 2.50 bits per heavy atom. The molecule has 0 aliphatic carbocycles. The lowest BCUT2D eigenvalue weighted by molar-refractivity contribution is 0.558. The van der Waals surface area contributed by atoms with Crippen LogP contribution in [0.5, 0.6) is 0 Å². The molecule has 0 fully saturated rings. The third-order valence-electron chi connectivity index (χ3n) is 1.57. The molecule has 0 radical (unpaired) electrons. The minimum Gasteiger partial charge on any atom is -0.452 e. The maximum atomic E-state index is 4.47. The van der Waals surface area contributed by atoms with Crippen LogP contribution in [0.4, 0.5) is 0 Å².